The SMILES string of the molecule is CCc1c(C(=O)Nc2cccc(S(=O)(=O)NC3=NCCC3)c2)cnn1-c1ccc(C)cc1. The van der Waals surface area contributed by atoms with Crippen LogP contribution in [-0.4, -0.2) is 36.5 Å². The molecule has 2 aromatic carbocycles. The van der Waals surface area contributed by atoms with Crippen LogP contribution in [0.15, 0.2) is 64.6 Å². The number of amidine groups is 1. The molecule has 166 valence electrons. The summed E-state index contributed by atoms with van der Waals surface area (Å²) in [6, 6.07) is 14.1. The number of carbonyl (C=O) groups is 1. The van der Waals surface area contributed by atoms with E-state index in [4.69, 9.17) is 0 Å². The summed E-state index contributed by atoms with van der Waals surface area (Å²) in [5, 5.41) is 7.20. The van der Waals surface area contributed by atoms with Gasteiger partial charge < -0.3 is 5.32 Å². The summed E-state index contributed by atoms with van der Waals surface area (Å²) >= 11 is 0. The Morgan fingerprint density at radius 2 is 1.94 bits per heavy atom. The lowest BCUT2D eigenvalue weighted by Gasteiger charge is -2.11. The summed E-state index contributed by atoms with van der Waals surface area (Å²) in [6.45, 7) is 4.60. The van der Waals surface area contributed by atoms with Crippen LogP contribution in [0.2, 0.25) is 0 Å². The molecule has 3 aromatic rings. The first-order chi connectivity index (χ1) is 15.4. The van der Waals surface area contributed by atoms with Gasteiger partial charge in [0.15, 0.2) is 0 Å². The van der Waals surface area contributed by atoms with Crippen molar-refractivity contribution in [2.45, 2.75) is 38.0 Å². The molecule has 0 bridgehead atoms. The Labute approximate surface area is 187 Å². The zero-order valence-electron chi connectivity index (χ0n) is 18.0. The van der Waals surface area contributed by atoms with Crippen molar-refractivity contribution >= 4 is 27.5 Å². The summed E-state index contributed by atoms with van der Waals surface area (Å²) in [5.41, 5.74) is 3.62. The van der Waals surface area contributed by atoms with Crippen molar-refractivity contribution < 1.29 is 13.2 Å². The molecule has 0 fully saturated rings. The van der Waals surface area contributed by atoms with Gasteiger partial charge in [0.1, 0.15) is 5.84 Å². The molecular formula is C23H25N5O3S. The van der Waals surface area contributed by atoms with Crippen molar-refractivity contribution in [1.82, 2.24) is 14.5 Å². The lowest BCUT2D eigenvalue weighted by atomic mass is 10.1. The monoisotopic (exact) mass is 451 g/mol. The summed E-state index contributed by atoms with van der Waals surface area (Å²) in [4.78, 5) is 17.2. The minimum Gasteiger partial charge on any atom is -0.322 e. The van der Waals surface area contributed by atoms with Crippen molar-refractivity contribution in [2.24, 2.45) is 4.99 Å². The number of rotatable bonds is 6. The zero-order valence-corrected chi connectivity index (χ0v) is 18.8. The lowest BCUT2D eigenvalue weighted by Crippen LogP contribution is -2.29. The van der Waals surface area contributed by atoms with Crippen LogP contribution in [0.4, 0.5) is 5.69 Å². The fourth-order valence-electron chi connectivity index (χ4n) is 3.59. The van der Waals surface area contributed by atoms with Crippen LogP contribution in [0.25, 0.3) is 5.69 Å². The zero-order chi connectivity index (χ0) is 22.7. The van der Waals surface area contributed by atoms with Gasteiger partial charge in [0.05, 0.1) is 28.0 Å². The Morgan fingerprint density at radius 1 is 1.16 bits per heavy atom. The van der Waals surface area contributed by atoms with Crippen molar-refractivity contribution in [3.63, 3.8) is 0 Å². The molecule has 0 spiro atoms. The van der Waals surface area contributed by atoms with Gasteiger partial charge in [0, 0.05) is 18.7 Å². The maximum absolute atomic E-state index is 13.0. The molecule has 0 radical (unpaired) electrons. The smallest absolute Gasteiger partial charge is 0.262 e. The molecule has 0 atom stereocenters. The maximum atomic E-state index is 13.0. The van der Waals surface area contributed by atoms with Crippen molar-refractivity contribution in [2.75, 3.05) is 11.9 Å². The molecule has 1 amide bonds. The average molecular weight is 452 g/mol. The second-order valence-electron chi connectivity index (χ2n) is 7.63. The van der Waals surface area contributed by atoms with E-state index in [1.54, 1.807) is 16.8 Å². The maximum Gasteiger partial charge on any atom is 0.262 e. The third kappa shape index (κ3) is 4.57. The highest BCUT2D eigenvalue weighted by Gasteiger charge is 2.20. The number of aromatic nitrogens is 2. The first-order valence-electron chi connectivity index (χ1n) is 10.5. The Balaban J connectivity index is 1.56. The third-order valence-corrected chi connectivity index (χ3v) is 6.63. The first kappa shape index (κ1) is 21.8. The minimum absolute atomic E-state index is 0.0657. The molecular weight excluding hydrogens is 426 g/mol. The third-order valence-electron chi connectivity index (χ3n) is 5.26. The number of hydrogen-bond donors (Lipinski definition) is 2. The van der Waals surface area contributed by atoms with E-state index in [1.807, 2.05) is 38.1 Å². The van der Waals surface area contributed by atoms with Crippen LogP contribution in [-0.2, 0) is 16.4 Å². The van der Waals surface area contributed by atoms with E-state index in [9.17, 15) is 13.2 Å². The van der Waals surface area contributed by atoms with Gasteiger partial charge >= 0.3 is 0 Å². The molecule has 2 heterocycles. The summed E-state index contributed by atoms with van der Waals surface area (Å²) in [7, 11) is -3.76. The number of aryl methyl sites for hydroxylation is 1. The molecule has 0 saturated heterocycles. The fourth-order valence-corrected chi connectivity index (χ4v) is 4.72. The van der Waals surface area contributed by atoms with Crippen molar-refractivity contribution in [1.29, 1.82) is 0 Å². The predicted octanol–water partition coefficient (Wildman–Crippen LogP) is 3.47. The molecule has 1 aromatic heterocycles. The number of hydrogen-bond acceptors (Lipinski definition) is 5. The van der Waals surface area contributed by atoms with Gasteiger partial charge in [-0.2, -0.15) is 5.10 Å². The van der Waals surface area contributed by atoms with Crippen LogP contribution >= 0.6 is 0 Å². The highest BCUT2D eigenvalue weighted by Crippen LogP contribution is 2.20. The van der Waals surface area contributed by atoms with Crippen molar-refractivity contribution in [3.8, 4) is 5.69 Å². The summed E-state index contributed by atoms with van der Waals surface area (Å²) < 4.78 is 29.6. The van der Waals surface area contributed by atoms with E-state index in [2.05, 4.69) is 20.1 Å². The largest absolute Gasteiger partial charge is 0.322 e. The number of carbonyl (C=O) groups excluding carboxylic acids is 1. The lowest BCUT2D eigenvalue weighted by molar-refractivity contribution is 0.102. The number of aliphatic imine (C=N–C) groups is 1. The van der Waals surface area contributed by atoms with E-state index < -0.39 is 10.0 Å². The molecule has 2 N–H and O–H groups in total. The van der Waals surface area contributed by atoms with Crippen LogP contribution in [0, 0.1) is 6.92 Å². The number of amides is 1. The minimum atomic E-state index is -3.76. The quantitative estimate of drug-likeness (QED) is 0.599. The van der Waals surface area contributed by atoms with E-state index >= 15 is 0 Å². The number of benzene rings is 2. The number of nitrogens with one attached hydrogen (secondary N) is 2. The molecule has 32 heavy (non-hydrogen) atoms. The molecule has 1 aliphatic heterocycles. The van der Waals surface area contributed by atoms with Crippen molar-refractivity contribution in [3.05, 3.63) is 71.5 Å². The topological polar surface area (TPSA) is 105 Å². The van der Waals surface area contributed by atoms with Crippen LogP contribution in [0.5, 0.6) is 0 Å². The molecule has 0 unspecified atom stereocenters. The van der Waals surface area contributed by atoms with Gasteiger partial charge in [-0.05, 0) is 50.1 Å². The standard InChI is InChI=1S/C23H25N5O3S/c1-3-21-20(15-25-28(21)18-11-9-16(2)10-12-18)23(29)26-17-6-4-7-19(14-17)32(30,31)27-22-8-5-13-24-22/h4,6-7,9-12,14-15H,3,5,8,13H2,1-2H3,(H,24,27)(H,26,29). The van der Waals surface area contributed by atoms with Gasteiger partial charge in [0.2, 0.25) is 0 Å². The summed E-state index contributed by atoms with van der Waals surface area (Å²) in [6.07, 6.45) is 3.59. The number of nitrogens with zero attached hydrogens (tertiary/aromatic N) is 3. The second kappa shape index (κ2) is 8.96. The fraction of sp³-hybridized carbons (Fsp3) is 0.261. The van der Waals surface area contributed by atoms with Crippen LogP contribution < -0.4 is 10.0 Å². The van der Waals surface area contributed by atoms with Crippen LogP contribution in [0.3, 0.4) is 0 Å². The Morgan fingerprint density at radius 3 is 2.62 bits per heavy atom. The summed E-state index contributed by atoms with van der Waals surface area (Å²) in [5.74, 6) is 0.124. The van der Waals surface area contributed by atoms with E-state index in [0.29, 0.717) is 36.5 Å². The molecule has 4 rings (SSSR count). The van der Waals surface area contributed by atoms with E-state index in [1.165, 1.54) is 18.3 Å². The van der Waals surface area contributed by atoms with E-state index in [0.717, 1.165) is 23.4 Å². The molecule has 1 aliphatic rings. The van der Waals surface area contributed by atoms with Gasteiger partial charge in [-0.15, -0.1) is 0 Å². The number of anilines is 1. The van der Waals surface area contributed by atoms with Gasteiger partial charge in [-0.1, -0.05) is 30.7 Å². The predicted molar refractivity (Wildman–Crippen MR) is 124 cm³/mol. The second-order valence-corrected chi connectivity index (χ2v) is 9.31. The molecule has 0 aliphatic carbocycles. The Bertz CT molecular complexity index is 1280. The van der Waals surface area contributed by atoms with Gasteiger partial charge in [0.25, 0.3) is 15.9 Å². The molecule has 9 heteroatoms. The Kier molecular flexibility index (Phi) is 6.09. The van der Waals surface area contributed by atoms with E-state index in [-0.39, 0.29) is 10.8 Å². The first-order valence-corrected chi connectivity index (χ1v) is 12.0. The Hall–Kier alpha value is -3.46. The molecule has 0 saturated carbocycles. The highest BCUT2D eigenvalue weighted by molar-refractivity contribution is 7.90. The van der Waals surface area contributed by atoms with Gasteiger partial charge in [-0.3, -0.25) is 14.5 Å². The van der Waals surface area contributed by atoms with Gasteiger partial charge in [-0.25, -0.2) is 13.1 Å². The number of sulfonamides is 1. The normalized spacial score (nSPS) is 13.6. The van der Waals surface area contributed by atoms with Crippen LogP contribution in [0.1, 0.15) is 41.4 Å². The highest BCUT2D eigenvalue weighted by atomic mass is 32.2. The average Bonchev–Trinajstić information content (AvgIpc) is 3.44. The molecule has 8 nitrogen and oxygen atoms in total.